The van der Waals surface area contributed by atoms with E-state index in [2.05, 4.69) is 15.6 Å². The van der Waals surface area contributed by atoms with E-state index in [0.29, 0.717) is 24.6 Å². The number of hydrogen-bond donors (Lipinski definition) is 2. The number of hydrogen-bond acceptors (Lipinski definition) is 5. The Kier molecular flexibility index (Phi) is 5.94. The zero-order valence-electron chi connectivity index (χ0n) is 15.2. The van der Waals surface area contributed by atoms with Crippen molar-refractivity contribution in [3.05, 3.63) is 66.2 Å². The number of pyridine rings is 1. The Morgan fingerprint density at radius 1 is 1.00 bits per heavy atom. The molecule has 3 aromatic rings. The van der Waals surface area contributed by atoms with Gasteiger partial charge in [-0.1, -0.05) is 6.07 Å². The third kappa shape index (κ3) is 4.78. The van der Waals surface area contributed by atoms with Crippen molar-refractivity contribution in [1.82, 2.24) is 15.6 Å². The second-order valence-corrected chi connectivity index (χ2v) is 5.78. The van der Waals surface area contributed by atoms with Gasteiger partial charge in [-0.15, -0.1) is 0 Å². The molecule has 0 bridgehead atoms. The highest BCUT2D eigenvalue weighted by molar-refractivity contribution is 5.74. The maximum atomic E-state index is 12.1. The number of carbonyl (C=O) groups excluding carboxylic acids is 1. The molecule has 2 N–H and O–H groups in total. The molecule has 0 saturated carbocycles. The van der Waals surface area contributed by atoms with Crippen molar-refractivity contribution in [2.24, 2.45) is 0 Å². The predicted octanol–water partition coefficient (Wildman–Crippen LogP) is 3.36. The summed E-state index contributed by atoms with van der Waals surface area (Å²) in [5, 5.41) is 5.63. The number of aromatic nitrogens is 1. The number of urea groups is 1. The Morgan fingerprint density at radius 2 is 1.78 bits per heavy atom. The van der Waals surface area contributed by atoms with E-state index in [9.17, 15) is 4.79 Å². The van der Waals surface area contributed by atoms with Gasteiger partial charge in [-0.25, -0.2) is 4.79 Å². The topological polar surface area (TPSA) is 85.6 Å². The summed E-state index contributed by atoms with van der Waals surface area (Å²) in [4.78, 5) is 16.3. The van der Waals surface area contributed by atoms with Crippen LogP contribution in [0.3, 0.4) is 0 Å². The van der Waals surface area contributed by atoms with E-state index in [1.807, 2.05) is 30.3 Å². The maximum absolute atomic E-state index is 12.1. The second-order valence-electron chi connectivity index (χ2n) is 5.78. The summed E-state index contributed by atoms with van der Waals surface area (Å²) in [6, 6.07) is 10.9. The van der Waals surface area contributed by atoms with Gasteiger partial charge in [0.1, 0.15) is 5.76 Å². The van der Waals surface area contributed by atoms with E-state index in [1.165, 1.54) is 0 Å². The third-order valence-electron chi connectivity index (χ3n) is 3.95. The number of nitrogens with one attached hydrogen (secondary N) is 2. The molecule has 7 nitrogen and oxygen atoms in total. The van der Waals surface area contributed by atoms with Crippen molar-refractivity contribution in [1.29, 1.82) is 0 Å². The van der Waals surface area contributed by atoms with Gasteiger partial charge in [-0.3, -0.25) is 4.98 Å². The summed E-state index contributed by atoms with van der Waals surface area (Å²) in [6.45, 7) is 0.732. The molecule has 1 aromatic carbocycles. The molecule has 0 atom stereocenters. The van der Waals surface area contributed by atoms with Crippen molar-refractivity contribution in [2.45, 2.75) is 13.1 Å². The van der Waals surface area contributed by atoms with Crippen LogP contribution in [0.2, 0.25) is 0 Å². The monoisotopic (exact) mass is 367 g/mol. The van der Waals surface area contributed by atoms with Crippen molar-refractivity contribution in [3.63, 3.8) is 0 Å². The van der Waals surface area contributed by atoms with Crippen LogP contribution in [0, 0.1) is 0 Å². The fourth-order valence-electron chi connectivity index (χ4n) is 2.58. The molecular formula is C20H21N3O4. The van der Waals surface area contributed by atoms with Gasteiger partial charge < -0.3 is 24.5 Å². The quantitative estimate of drug-likeness (QED) is 0.669. The first-order valence-corrected chi connectivity index (χ1v) is 8.40. The molecule has 0 saturated heterocycles. The minimum absolute atomic E-state index is 0.270. The Bertz CT molecular complexity index is 894. The molecule has 3 rings (SSSR count). The lowest BCUT2D eigenvalue weighted by Crippen LogP contribution is -2.34. The van der Waals surface area contributed by atoms with Crippen LogP contribution in [0.5, 0.6) is 11.5 Å². The van der Waals surface area contributed by atoms with E-state index in [-0.39, 0.29) is 6.03 Å². The number of furan rings is 1. The zero-order chi connectivity index (χ0) is 19.1. The van der Waals surface area contributed by atoms with E-state index in [1.54, 1.807) is 38.9 Å². The Morgan fingerprint density at radius 3 is 2.48 bits per heavy atom. The van der Waals surface area contributed by atoms with E-state index in [0.717, 1.165) is 22.5 Å². The SMILES string of the molecule is COc1ccc(CNC(=O)NCc2cncc(-c3ccco3)c2)cc1OC. The minimum atomic E-state index is -0.270. The first-order valence-electron chi connectivity index (χ1n) is 8.40. The molecule has 2 aromatic heterocycles. The van der Waals surface area contributed by atoms with Crippen LogP contribution in [0.4, 0.5) is 4.79 Å². The highest BCUT2D eigenvalue weighted by Gasteiger charge is 2.07. The maximum Gasteiger partial charge on any atom is 0.315 e. The van der Waals surface area contributed by atoms with Gasteiger partial charge in [0.05, 0.1) is 20.5 Å². The van der Waals surface area contributed by atoms with Crippen LogP contribution < -0.4 is 20.1 Å². The van der Waals surface area contributed by atoms with Crippen LogP contribution in [0.15, 0.2) is 59.5 Å². The van der Waals surface area contributed by atoms with Gasteiger partial charge in [0.25, 0.3) is 0 Å². The van der Waals surface area contributed by atoms with Gasteiger partial charge in [-0.05, 0) is 41.5 Å². The zero-order valence-corrected chi connectivity index (χ0v) is 15.2. The lowest BCUT2D eigenvalue weighted by Gasteiger charge is -2.11. The van der Waals surface area contributed by atoms with Crippen LogP contribution in [0.1, 0.15) is 11.1 Å². The lowest BCUT2D eigenvalue weighted by molar-refractivity contribution is 0.240. The van der Waals surface area contributed by atoms with Crippen LogP contribution in [-0.4, -0.2) is 25.2 Å². The van der Waals surface area contributed by atoms with Crippen LogP contribution >= 0.6 is 0 Å². The number of carbonyl (C=O) groups is 1. The summed E-state index contributed by atoms with van der Waals surface area (Å²) in [7, 11) is 3.16. The molecule has 0 aliphatic carbocycles. The number of nitrogens with zero attached hydrogens (tertiary/aromatic N) is 1. The predicted molar refractivity (Wildman–Crippen MR) is 101 cm³/mol. The summed E-state index contributed by atoms with van der Waals surface area (Å²) in [5.41, 5.74) is 2.65. The smallest absolute Gasteiger partial charge is 0.315 e. The van der Waals surface area contributed by atoms with Crippen LogP contribution in [0.25, 0.3) is 11.3 Å². The summed E-state index contributed by atoms with van der Waals surface area (Å²) < 4.78 is 15.8. The minimum Gasteiger partial charge on any atom is -0.493 e. The van der Waals surface area contributed by atoms with Crippen LogP contribution in [-0.2, 0) is 13.1 Å². The highest BCUT2D eigenvalue weighted by Crippen LogP contribution is 2.27. The van der Waals surface area contributed by atoms with Gasteiger partial charge in [0.2, 0.25) is 0 Å². The average molecular weight is 367 g/mol. The summed E-state index contributed by atoms with van der Waals surface area (Å²) in [5.74, 6) is 2.01. The normalized spacial score (nSPS) is 10.3. The number of benzene rings is 1. The molecule has 0 spiro atoms. The number of methoxy groups -OCH3 is 2. The Labute approximate surface area is 157 Å². The largest absolute Gasteiger partial charge is 0.493 e. The van der Waals surface area contributed by atoms with Crippen molar-refractivity contribution in [3.8, 4) is 22.8 Å². The standard InChI is InChI=1S/C20H21N3O4/c1-25-18-6-5-14(9-19(18)26-2)11-22-20(24)23-12-15-8-16(13-21-10-15)17-4-3-7-27-17/h3-10,13H,11-12H2,1-2H3,(H2,22,23,24). The van der Waals surface area contributed by atoms with E-state index in [4.69, 9.17) is 13.9 Å². The molecule has 7 heteroatoms. The Balaban J connectivity index is 1.52. The molecular weight excluding hydrogens is 346 g/mol. The molecule has 27 heavy (non-hydrogen) atoms. The summed E-state index contributed by atoms with van der Waals surface area (Å²) >= 11 is 0. The number of rotatable bonds is 7. The highest BCUT2D eigenvalue weighted by atomic mass is 16.5. The Hall–Kier alpha value is -3.48. The molecule has 0 aliphatic rings. The van der Waals surface area contributed by atoms with Gasteiger partial charge >= 0.3 is 6.03 Å². The lowest BCUT2D eigenvalue weighted by atomic mass is 10.1. The molecule has 0 fully saturated rings. The third-order valence-corrected chi connectivity index (χ3v) is 3.95. The fourth-order valence-corrected chi connectivity index (χ4v) is 2.58. The van der Waals surface area contributed by atoms with Gasteiger partial charge in [-0.2, -0.15) is 0 Å². The average Bonchev–Trinajstić information content (AvgIpc) is 3.25. The number of amides is 2. The first-order chi connectivity index (χ1) is 13.2. The van der Waals surface area contributed by atoms with Crippen molar-refractivity contribution < 1.29 is 18.7 Å². The molecule has 0 radical (unpaired) electrons. The van der Waals surface area contributed by atoms with E-state index >= 15 is 0 Å². The number of ether oxygens (including phenoxy) is 2. The van der Waals surface area contributed by atoms with Gasteiger partial charge in [0.15, 0.2) is 11.5 Å². The molecule has 0 aliphatic heterocycles. The molecule has 2 amide bonds. The van der Waals surface area contributed by atoms with Crippen molar-refractivity contribution in [2.75, 3.05) is 14.2 Å². The molecule has 0 unspecified atom stereocenters. The van der Waals surface area contributed by atoms with E-state index < -0.39 is 0 Å². The first kappa shape index (κ1) is 18.3. The van der Waals surface area contributed by atoms with Crippen molar-refractivity contribution >= 4 is 6.03 Å². The molecule has 140 valence electrons. The summed E-state index contributed by atoms with van der Waals surface area (Å²) in [6.07, 6.45) is 5.04. The second kappa shape index (κ2) is 8.75. The molecule has 2 heterocycles. The van der Waals surface area contributed by atoms with Gasteiger partial charge in [0, 0.05) is 31.0 Å². The fraction of sp³-hybridized carbons (Fsp3) is 0.200.